The van der Waals surface area contributed by atoms with Gasteiger partial charge in [0.2, 0.25) is 0 Å². The van der Waals surface area contributed by atoms with Gasteiger partial charge in [-0.15, -0.1) is 0 Å². The van der Waals surface area contributed by atoms with Crippen LogP contribution in [0.1, 0.15) is 48.7 Å². The Morgan fingerprint density at radius 1 is 1.20 bits per heavy atom. The number of benzene rings is 1. The van der Waals surface area contributed by atoms with Gasteiger partial charge in [0, 0.05) is 23.8 Å². The minimum absolute atomic E-state index is 0.160. The van der Waals surface area contributed by atoms with Crippen molar-refractivity contribution < 1.29 is 9.59 Å². The molecule has 0 spiro atoms. The van der Waals surface area contributed by atoms with Gasteiger partial charge in [-0.2, -0.15) is 5.10 Å². The first-order valence-electron chi connectivity index (χ1n) is 8.47. The highest BCUT2D eigenvalue weighted by Gasteiger charge is 2.32. The summed E-state index contributed by atoms with van der Waals surface area (Å²) in [6.07, 6.45) is 3.88. The second-order valence-corrected chi connectivity index (χ2v) is 6.81. The summed E-state index contributed by atoms with van der Waals surface area (Å²) in [4.78, 5) is 23.5. The van der Waals surface area contributed by atoms with E-state index in [1.807, 2.05) is 4.68 Å². The number of nitrogens with two attached hydrogens (primary N) is 1. The van der Waals surface area contributed by atoms with Crippen LogP contribution in [0, 0.1) is 5.92 Å². The second-order valence-electron chi connectivity index (χ2n) is 6.81. The first kappa shape index (κ1) is 17.0. The molecule has 1 aromatic carbocycles. The topological polar surface area (TPSA) is 102 Å². The molecule has 0 aliphatic heterocycles. The fraction of sp³-hybridized carbons (Fsp3) is 0.389. The Labute approximate surface area is 146 Å². The Balaban J connectivity index is 1.75. The lowest BCUT2D eigenvalue weighted by atomic mass is 10.1. The van der Waals surface area contributed by atoms with Gasteiger partial charge in [-0.25, -0.2) is 4.79 Å². The number of rotatable bonds is 6. The number of aromatic nitrogens is 2. The number of hydrogen-bond donors (Lipinski definition) is 3. The Bertz CT molecular complexity index is 775. The molecule has 7 heteroatoms. The molecule has 3 amide bonds. The molecule has 0 unspecified atom stereocenters. The van der Waals surface area contributed by atoms with E-state index in [9.17, 15) is 9.59 Å². The third kappa shape index (κ3) is 4.17. The third-order valence-corrected chi connectivity index (χ3v) is 4.04. The van der Waals surface area contributed by atoms with Gasteiger partial charge in [0.05, 0.1) is 17.5 Å². The van der Waals surface area contributed by atoms with Crippen molar-refractivity contribution in [1.82, 2.24) is 9.78 Å². The average Bonchev–Trinajstić information content (AvgIpc) is 3.29. The molecule has 1 fully saturated rings. The summed E-state index contributed by atoms with van der Waals surface area (Å²) >= 11 is 0. The fourth-order valence-corrected chi connectivity index (χ4v) is 2.83. The smallest absolute Gasteiger partial charge is 0.316 e. The lowest BCUT2D eigenvalue weighted by molar-refractivity contribution is 0.102. The van der Waals surface area contributed by atoms with E-state index in [2.05, 4.69) is 29.6 Å². The monoisotopic (exact) mass is 341 g/mol. The van der Waals surface area contributed by atoms with Gasteiger partial charge in [0.15, 0.2) is 0 Å². The summed E-state index contributed by atoms with van der Waals surface area (Å²) < 4.78 is 1.97. The number of urea groups is 1. The van der Waals surface area contributed by atoms with Crippen molar-refractivity contribution in [2.24, 2.45) is 11.7 Å². The first-order valence-corrected chi connectivity index (χ1v) is 8.47. The van der Waals surface area contributed by atoms with E-state index in [0.29, 0.717) is 28.8 Å². The quantitative estimate of drug-likeness (QED) is 0.752. The van der Waals surface area contributed by atoms with E-state index >= 15 is 0 Å². The van der Waals surface area contributed by atoms with Crippen LogP contribution < -0.4 is 16.4 Å². The summed E-state index contributed by atoms with van der Waals surface area (Å²) in [5.74, 6) is 0.746. The molecule has 0 saturated heterocycles. The highest BCUT2D eigenvalue weighted by molar-refractivity contribution is 6.05. The number of primary amides is 1. The maximum atomic E-state index is 12.7. The molecule has 1 aliphatic rings. The largest absolute Gasteiger partial charge is 0.351 e. The maximum Gasteiger partial charge on any atom is 0.316 e. The van der Waals surface area contributed by atoms with E-state index in [4.69, 9.17) is 5.73 Å². The molecule has 1 heterocycles. The molecule has 132 valence electrons. The number of amides is 3. The van der Waals surface area contributed by atoms with Gasteiger partial charge < -0.3 is 16.4 Å². The summed E-state index contributed by atoms with van der Waals surface area (Å²) in [6, 6.07) is 6.19. The van der Waals surface area contributed by atoms with Crippen LogP contribution in [0.2, 0.25) is 0 Å². The Morgan fingerprint density at radius 2 is 1.80 bits per heavy atom. The van der Waals surface area contributed by atoms with Crippen molar-refractivity contribution >= 4 is 23.3 Å². The Hall–Kier alpha value is -2.83. The van der Waals surface area contributed by atoms with E-state index in [0.717, 1.165) is 25.1 Å². The molecule has 0 bridgehead atoms. The third-order valence-electron chi connectivity index (χ3n) is 4.04. The van der Waals surface area contributed by atoms with Crippen LogP contribution >= 0.6 is 0 Å². The van der Waals surface area contributed by atoms with E-state index in [1.165, 1.54) is 0 Å². The van der Waals surface area contributed by atoms with E-state index < -0.39 is 6.03 Å². The molecule has 2 aromatic rings. The molecule has 4 N–H and O–H groups in total. The Morgan fingerprint density at radius 3 is 2.32 bits per heavy atom. The van der Waals surface area contributed by atoms with E-state index in [1.54, 1.807) is 30.5 Å². The summed E-state index contributed by atoms with van der Waals surface area (Å²) in [7, 11) is 0. The minimum atomic E-state index is -0.622. The van der Waals surface area contributed by atoms with Crippen LogP contribution in [0.4, 0.5) is 16.2 Å². The van der Waals surface area contributed by atoms with Gasteiger partial charge >= 0.3 is 6.03 Å². The fourth-order valence-electron chi connectivity index (χ4n) is 2.83. The number of nitrogens with zero attached hydrogens (tertiary/aromatic N) is 2. The van der Waals surface area contributed by atoms with Crippen molar-refractivity contribution in [2.75, 3.05) is 10.6 Å². The van der Waals surface area contributed by atoms with Crippen molar-refractivity contribution in [3.05, 3.63) is 41.7 Å². The molecule has 1 aliphatic carbocycles. The van der Waals surface area contributed by atoms with Crippen LogP contribution in [0.25, 0.3) is 0 Å². The first-order chi connectivity index (χ1) is 11.9. The standard InChI is InChI=1S/C18H23N5O2/c1-11(2)10-23-16(12-3-4-12)15(9-20-23)17(24)21-13-5-7-14(8-6-13)22-18(19)25/h5-9,11-12H,3-4,10H2,1-2H3,(H,21,24)(H3,19,22,25). The van der Waals surface area contributed by atoms with Gasteiger partial charge in [-0.05, 0) is 43.0 Å². The summed E-state index contributed by atoms with van der Waals surface area (Å²) in [5, 5.41) is 9.80. The summed E-state index contributed by atoms with van der Waals surface area (Å²) in [6.45, 7) is 5.09. The van der Waals surface area contributed by atoms with Gasteiger partial charge in [-0.1, -0.05) is 13.8 Å². The maximum absolute atomic E-state index is 12.7. The highest BCUT2D eigenvalue weighted by atomic mass is 16.2. The van der Waals surface area contributed by atoms with Crippen molar-refractivity contribution in [3.63, 3.8) is 0 Å². The normalized spacial score (nSPS) is 13.7. The lowest BCUT2D eigenvalue weighted by Gasteiger charge is -2.11. The predicted molar refractivity (Wildman–Crippen MR) is 96.6 cm³/mol. The number of nitrogens with one attached hydrogen (secondary N) is 2. The molecule has 0 atom stereocenters. The van der Waals surface area contributed by atoms with Gasteiger partial charge in [0.1, 0.15) is 0 Å². The minimum Gasteiger partial charge on any atom is -0.351 e. The lowest BCUT2D eigenvalue weighted by Crippen LogP contribution is -2.19. The van der Waals surface area contributed by atoms with Crippen LogP contribution in [-0.2, 0) is 6.54 Å². The SMILES string of the molecule is CC(C)Cn1ncc(C(=O)Nc2ccc(NC(N)=O)cc2)c1C1CC1. The van der Waals surface area contributed by atoms with Crippen LogP contribution in [0.5, 0.6) is 0 Å². The van der Waals surface area contributed by atoms with Crippen LogP contribution in [0.15, 0.2) is 30.5 Å². The zero-order chi connectivity index (χ0) is 18.0. The van der Waals surface area contributed by atoms with Crippen molar-refractivity contribution in [2.45, 2.75) is 39.2 Å². The van der Waals surface area contributed by atoms with Crippen LogP contribution in [0.3, 0.4) is 0 Å². The number of carbonyl (C=O) groups is 2. The molecular weight excluding hydrogens is 318 g/mol. The van der Waals surface area contributed by atoms with E-state index in [-0.39, 0.29) is 5.91 Å². The number of hydrogen-bond acceptors (Lipinski definition) is 3. The molecule has 3 rings (SSSR count). The van der Waals surface area contributed by atoms with Crippen LogP contribution in [-0.4, -0.2) is 21.7 Å². The zero-order valence-electron chi connectivity index (χ0n) is 14.5. The molecule has 0 radical (unpaired) electrons. The summed E-state index contributed by atoms with van der Waals surface area (Å²) in [5.41, 5.74) is 7.99. The molecular formula is C18H23N5O2. The molecule has 1 saturated carbocycles. The Kier molecular flexibility index (Phi) is 4.74. The average molecular weight is 341 g/mol. The second kappa shape index (κ2) is 6.96. The molecule has 1 aromatic heterocycles. The van der Waals surface area contributed by atoms with Crippen molar-refractivity contribution in [1.29, 1.82) is 0 Å². The highest BCUT2D eigenvalue weighted by Crippen LogP contribution is 2.42. The van der Waals surface area contributed by atoms with Crippen molar-refractivity contribution in [3.8, 4) is 0 Å². The number of carbonyl (C=O) groups excluding carboxylic acids is 2. The van der Waals surface area contributed by atoms with Gasteiger partial charge in [0.25, 0.3) is 5.91 Å². The molecule has 7 nitrogen and oxygen atoms in total. The predicted octanol–water partition coefficient (Wildman–Crippen LogP) is 3.16. The number of anilines is 2. The molecule has 25 heavy (non-hydrogen) atoms. The zero-order valence-corrected chi connectivity index (χ0v) is 14.5. The van der Waals surface area contributed by atoms with Gasteiger partial charge in [-0.3, -0.25) is 9.48 Å².